The summed E-state index contributed by atoms with van der Waals surface area (Å²) in [6, 6.07) is 3.45. The van der Waals surface area contributed by atoms with Crippen LogP contribution in [0.1, 0.15) is 36.7 Å². The van der Waals surface area contributed by atoms with E-state index in [1.165, 1.54) is 0 Å². The first-order valence-corrected chi connectivity index (χ1v) is 5.11. The Morgan fingerprint density at radius 1 is 1.33 bits per heavy atom. The Hall–Kier alpha value is -1.02. The second-order valence-electron chi connectivity index (χ2n) is 4.44. The van der Waals surface area contributed by atoms with E-state index in [1.807, 2.05) is 6.07 Å². The molecule has 3 heteroatoms. The molecule has 0 saturated carbocycles. The van der Waals surface area contributed by atoms with Crippen molar-refractivity contribution in [1.82, 2.24) is 0 Å². The van der Waals surface area contributed by atoms with E-state index in [9.17, 15) is 4.79 Å². The fourth-order valence-corrected chi connectivity index (χ4v) is 1.71. The first-order valence-electron chi connectivity index (χ1n) is 4.73. The van der Waals surface area contributed by atoms with Crippen molar-refractivity contribution >= 4 is 17.9 Å². The van der Waals surface area contributed by atoms with Crippen molar-refractivity contribution in [2.24, 2.45) is 0 Å². The van der Waals surface area contributed by atoms with E-state index in [2.05, 4.69) is 20.8 Å². The normalized spacial score (nSPS) is 11.3. The van der Waals surface area contributed by atoms with Crippen molar-refractivity contribution in [3.05, 3.63) is 28.3 Å². The van der Waals surface area contributed by atoms with Crippen LogP contribution in [0.3, 0.4) is 0 Å². The van der Waals surface area contributed by atoms with Crippen LogP contribution in [0.15, 0.2) is 12.1 Å². The molecule has 0 aliphatic rings. The summed E-state index contributed by atoms with van der Waals surface area (Å²) >= 11 is 5.95. The summed E-state index contributed by atoms with van der Waals surface area (Å²) < 4.78 is 5.26. The molecule has 1 aromatic rings. The molecule has 0 aliphatic carbocycles. The standard InChI is InChI=1S/C12H15ClO2/c1-12(2,3)10-6-9(13)5-8(7-14)11(10)15-4/h5-7H,1-4H3. The molecule has 0 N–H and O–H groups in total. The minimum Gasteiger partial charge on any atom is -0.496 e. The van der Waals surface area contributed by atoms with Crippen LogP contribution in [0.2, 0.25) is 5.02 Å². The number of ether oxygens (including phenoxy) is 1. The maximum Gasteiger partial charge on any atom is 0.153 e. The van der Waals surface area contributed by atoms with Crippen molar-refractivity contribution in [2.45, 2.75) is 26.2 Å². The van der Waals surface area contributed by atoms with Gasteiger partial charge in [-0.15, -0.1) is 0 Å². The molecular weight excluding hydrogens is 212 g/mol. The van der Waals surface area contributed by atoms with Crippen LogP contribution in [-0.2, 0) is 5.41 Å². The second-order valence-corrected chi connectivity index (χ2v) is 4.88. The summed E-state index contributed by atoms with van der Waals surface area (Å²) in [6.07, 6.45) is 0.764. The quantitative estimate of drug-likeness (QED) is 0.722. The number of hydrogen-bond acceptors (Lipinski definition) is 2. The van der Waals surface area contributed by atoms with E-state index in [0.29, 0.717) is 16.3 Å². The number of halogens is 1. The number of carbonyl (C=O) groups excluding carboxylic acids is 1. The van der Waals surface area contributed by atoms with Gasteiger partial charge in [-0.2, -0.15) is 0 Å². The van der Waals surface area contributed by atoms with Gasteiger partial charge in [-0.1, -0.05) is 32.4 Å². The zero-order valence-corrected chi connectivity index (χ0v) is 10.2. The predicted molar refractivity (Wildman–Crippen MR) is 62.1 cm³/mol. The predicted octanol–water partition coefficient (Wildman–Crippen LogP) is 3.46. The Labute approximate surface area is 95.2 Å². The molecular formula is C12H15ClO2. The molecule has 0 fully saturated rings. The van der Waals surface area contributed by atoms with Gasteiger partial charge in [-0.3, -0.25) is 4.79 Å². The highest BCUT2D eigenvalue weighted by atomic mass is 35.5. The lowest BCUT2D eigenvalue weighted by atomic mass is 9.85. The van der Waals surface area contributed by atoms with Crippen molar-refractivity contribution in [3.63, 3.8) is 0 Å². The van der Waals surface area contributed by atoms with Gasteiger partial charge in [-0.25, -0.2) is 0 Å². The summed E-state index contributed by atoms with van der Waals surface area (Å²) in [7, 11) is 1.56. The fourth-order valence-electron chi connectivity index (χ4n) is 1.49. The zero-order chi connectivity index (χ0) is 11.6. The summed E-state index contributed by atoms with van der Waals surface area (Å²) in [6.45, 7) is 6.15. The summed E-state index contributed by atoms with van der Waals surface area (Å²) in [5, 5.41) is 0.558. The minimum atomic E-state index is -0.103. The Kier molecular flexibility index (Phi) is 3.40. The van der Waals surface area contributed by atoms with Crippen LogP contribution in [0.25, 0.3) is 0 Å². The van der Waals surface area contributed by atoms with Crippen molar-refractivity contribution < 1.29 is 9.53 Å². The van der Waals surface area contributed by atoms with Gasteiger partial charge in [0.15, 0.2) is 6.29 Å². The average molecular weight is 227 g/mol. The largest absolute Gasteiger partial charge is 0.496 e. The number of rotatable bonds is 2. The molecule has 0 amide bonds. The van der Waals surface area contributed by atoms with Gasteiger partial charge in [0.25, 0.3) is 0 Å². The van der Waals surface area contributed by atoms with Crippen molar-refractivity contribution in [2.75, 3.05) is 7.11 Å². The molecule has 0 unspecified atom stereocenters. The molecule has 0 saturated heterocycles. The smallest absolute Gasteiger partial charge is 0.153 e. The van der Waals surface area contributed by atoms with Crippen LogP contribution in [-0.4, -0.2) is 13.4 Å². The van der Waals surface area contributed by atoms with Gasteiger partial charge in [-0.05, 0) is 17.5 Å². The van der Waals surface area contributed by atoms with E-state index >= 15 is 0 Å². The molecule has 0 aliphatic heterocycles. The van der Waals surface area contributed by atoms with E-state index in [1.54, 1.807) is 13.2 Å². The number of methoxy groups -OCH3 is 1. The number of benzene rings is 1. The Balaban J connectivity index is 3.49. The topological polar surface area (TPSA) is 26.3 Å². The molecule has 0 heterocycles. The summed E-state index contributed by atoms with van der Waals surface area (Å²) in [4.78, 5) is 10.9. The molecule has 0 aromatic heterocycles. The number of hydrogen-bond donors (Lipinski definition) is 0. The minimum absolute atomic E-state index is 0.103. The Morgan fingerprint density at radius 2 is 1.93 bits per heavy atom. The van der Waals surface area contributed by atoms with Gasteiger partial charge in [0.1, 0.15) is 5.75 Å². The first-order chi connectivity index (χ1) is 6.90. The monoisotopic (exact) mass is 226 g/mol. The van der Waals surface area contributed by atoms with Crippen LogP contribution in [0, 0.1) is 0 Å². The Morgan fingerprint density at radius 3 is 2.33 bits per heavy atom. The van der Waals surface area contributed by atoms with Gasteiger partial charge in [0.2, 0.25) is 0 Å². The molecule has 2 nitrogen and oxygen atoms in total. The number of carbonyl (C=O) groups is 1. The molecule has 1 rings (SSSR count). The van der Waals surface area contributed by atoms with E-state index < -0.39 is 0 Å². The van der Waals surface area contributed by atoms with Crippen molar-refractivity contribution in [3.8, 4) is 5.75 Å². The van der Waals surface area contributed by atoms with Crippen LogP contribution < -0.4 is 4.74 Å². The number of aldehydes is 1. The second kappa shape index (κ2) is 4.23. The van der Waals surface area contributed by atoms with E-state index in [4.69, 9.17) is 16.3 Å². The summed E-state index contributed by atoms with van der Waals surface area (Å²) in [5.74, 6) is 0.613. The molecule has 0 atom stereocenters. The highest BCUT2D eigenvalue weighted by Gasteiger charge is 2.21. The van der Waals surface area contributed by atoms with Gasteiger partial charge in [0, 0.05) is 10.6 Å². The zero-order valence-electron chi connectivity index (χ0n) is 9.43. The van der Waals surface area contributed by atoms with Crippen LogP contribution in [0.4, 0.5) is 0 Å². The van der Waals surface area contributed by atoms with Gasteiger partial charge in [0.05, 0.1) is 12.7 Å². The molecule has 0 bridgehead atoms. The molecule has 0 spiro atoms. The van der Waals surface area contributed by atoms with E-state index in [0.717, 1.165) is 11.8 Å². The summed E-state index contributed by atoms with van der Waals surface area (Å²) in [5.41, 5.74) is 1.34. The molecule has 82 valence electrons. The highest BCUT2D eigenvalue weighted by Crippen LogP contribution is 2.35. The first kappa shape index (κ1) is 12.1. The van der Waals surface area contributed by atoms with Crippen LogP contribution >= 0.6 is 11.6 Å². The third kappa shape index (κ3) is 2.51. The lowest BCUT2D eigenvalue weighted by Gasteiger charge is -2.23. The maximum absolute atomic E-state index is 10.9. The fraction of sp³-hybridized carbons (Fsp3) is 0.417. The van der Waals surface area contributed by atoms with Gasteiger partial charge >= 0.3 is 0 Å². The average Bonchev–Trinajstić information content (AvgIpc) is 2.15. The Bertz CT molecular complexity index is 378. The van der Waals surface area contributed by atoms with Crippen molar-refractivity contribution in [1.29, 1.82) is 0 Å². The maximum atomic E-state index is 10.9. The molecule has 0 radical (unpaired) electrons. The SMILES string of the molecule is COc1c(C=O)cc(Cl)cc1C(C)(C)C. The van der Waals surface area contributed by atoms with Crippen LogP contribution in [0.5, 0.6) is 5.75 Å². The molecule has 15 heavy (non-hydrogen) atoms. The van der Waals surface area contributed by atoms with Gasteiger partial charge < -0.3 is 4.74 Å². The molecule has 1 aromatic carbocycles. The highest BCUT2D eigenvalue weighted by molar-refractivity contribution is 6.31. The lowest BCUT2D eigenvalue weighted by molar-refractivity contribution is 0.112. The van der Waals surface area contributed by atoms with E-state index in [-0.39, 0.29) is 5.41 Å². The lowest BCUT2D eigenvalue weighted by Crippen LogP contribution is -2.14. The third-order valence-electron chi connectivity index (χ3n) is 2.22. The third-order valence-corrected chi connectivity index (χ3v) is 2.44.